The molecule has 1 rings (SSSR count). The minimum Gasteiger partial charge on any atom is -0.381 e. The van der Waals surface area contributed by atoms with E-state index >= 15 is 0 Å². The van der Waals surface area contributed by atoms with Gasteiger partial charge in [0, 0.05) is 19.8 Å². The lowest BCUT2D eigenvalue weighted by molar-refractivity contribution is 0.537. The summed E-state index contributed by atoms with van der Waals surface area (Å²) in [5, 5.41) is 3.83. The van der Waals surface area contributed by atoms with Crippen LogP contribution in [0, 0.1) is 6.92 Å². The topological polar surface area (TPSA) is 124 Å². The summed E-state index contributed by atoms with van der Waals surface area (Å²) in [5.41, 5.74) is 5.97. The van der Waals surface area contributed by atoms with Gasteiger partial charge in [-0.05, 0) is 20.8 Å². The Bertz CT molecular complexity index is 717. The fourth-order valence-corrected chi connectivity index (χ4v) is 3.38. The lowest BCUT2D eigenvalue weighted by atomic mass is 10.2. The molecule has 0 unspecified atom stereocenters. The van der Waals surface area contributed by atoms with E-state index in [4.69, 9.17) is 5.73 Å². The fraction of sp³-hybridized carbons (Fsp3) is 0.700. The maximum Gasteiger partial charge on any atom is 0.246 e. The molecular formula is C10H20N4O4S2. The molecule has 10 heteroatoms. The van der Waals surface area contributed by atoms with Crippen molar-refractivity contribution < 1.29 is 16.8 Å². The number of nitrogens with zero attached hydrogens (tertiary/aromatic N) is 2. The zero-order chi connectivity index (χ0) is 15.9. The van der Waals surface area contributed by atoms with Gasteiger partial charge in [0.2, 0.25) is 10.0 Å². The van der Waals surface area contributed by atoms with E-state index in [2.05, 4.69) is 9.82 Å². The van der Waals surface area contributed by atoms with Crippen molar-refractivity contribution in [3.8, 4) is 0 Å². The molecule has 0 aliphatic heterocycles. The minimum atomic E-state index is -3.92. The van der Waals surface area contributed by atoms with Crippen LogP contribution in [0.1, 0.15) is 19.5 Å². The van der Waals surface area contributed by atoms with E-state index < -0.39 is 24.6 Å². The Morgan fingerprint density at radius 3 is 2.15 bits per heavy atom. The van der Waals surface area contributed by atoms with Crippen LogP contribution >= 0.6 is 0 Å². The number of nitrogens with one attached hydrogen (secondary N) is 1. The second-order valence-corrected chi connectivity index (χ2v) is 9.63. The minimum absolute atomic E-state index is 0.116. The van der Waals surface area contributed by atoms with Crippen molar-refractivity contribution in [3.05, 3.63) is 5.69 Å². The Labute approximate surface area is 119 Å². The van der Waals surface area contributed by atoms with Crippen LogP contribution in [0.3, 0.4) is 0 Å². The molecule has 1 aromatic heterocycles. The third-order valence-electron chi connectivity index (χ3n) is 3.26. The Hall–Kier alpha value is -1.13. The van der Waals surface area contributed by atoms with Crippen LogP contribution < -0.4 is 10.5 Å². The van der Waals surface area contributed by atoms with E-state index in [1.807, 2.05) is 0 Å². The summed E-state index contributed by atoms with van der Waals surface area (Å²) in [7, 11) is -5.74. The van der Waals surface area contributed by atoms with Gasteiger partial charge in [-0.3, -0.25) is 4.68 Å². The number of nitrogens with two attached hydrogens (primary N) is 1. The van der Waals surface area contributed by atoms with Crippen molar-refractivity contribution in [2.24, 2.45) is 7.05 Å². The van der Waals surface area contributed by atoms with Crippen molar-refractivity contribution in [2.45, 2.75) is 30.4 Å². The molecule has 0 spiro atoms. The molecule has 3 N–H and O–H groups in total. The van der Waals surface area contributed by atoms with Gasteiger partial charge >= 0.3 is 0 Å². The summed E-state index contributed by atoms with van der Waals surface area (Å²) in [6, 6.07) is 0. The van der Waals surface area contributed by atoms with Gasteiger partial charge in [-0.2, -0.15) is 5.10 Å². The third kappa shape index (κ3) is 3.13. The first-order valence-electron chi connectivity index (χ1n) is 5.78. The summed E-state index contributed by atoms with van der Waals surface area (Å²) in [6.45, 7) is 4.22. The molecule has 0 saturated carbocycles. The third-order valence-corrected chi connectivity index (χ3v) is 6.98. The van der Waals surface area contributed by atoms with E-state index in [9.17, 15) is 16.8 Å². The molecule has 0 radical (unpaired) electrons. The fourth-order valence-electron chi connectivity index (χ4n) is 1.42. The second kappa shape index (κ2) is 5.01. The van der Waals surface area contributed by atoms with Crippen LogP contribution in [0.2, 0.25) is 0 Å². The first kappa shape index (κ1) is 16.9. The highest BCUT2D eigenvalue weighted by Crippen LogP contribution is 2.22. The number of hydrogen-bond donors (Lipinski definition) is 2. The molecular weight excluding hydrogens is 304 g/mol. The lowest BCUT2D eigenvalue weighted by Crippen LogP contribution is -2.43. The van der Waals surface area contributed by atoms with Crippen molar-refractivity contribution in [2.75, 3.05) is 18.5 Å². The Morgan fingerprint density at radius 1 is 1.30 bits per heavy atom. The molecule has 0 bridgehead atoms. The van der Waals surface area contributed by atoms with E-state index in [0.29, 0.717) is 5.69 Å². The van der Waals surface area contributed by atoms with Gasteiger partial charge in [0.15, 0.2) is 15.7 Å². The molecule has 0 saturated heterocycles. The average Bonchev–Trinajstić information content (AvgIpc) is 2.49. The molecule has 0 atom stereocenters. The molecule has 0 aliphatic carbocycles. The van der Waals surface area contributed by atoms with Crippen molar-refractivity contribution in [1.82, 2.24) is 14.5 Å². The quantitative estimate of drug-likeness (QED) is 0.746. The van der Waals surface area contributed by atoms with Crippen molar-refractivity contribution in [3.63, 3.8) is 0 Å². The summed E-state index contributed by atoms with van der Waals surface area (Å²) < 4.78 is 50.0. The van der Waals surface area contributed by atoms with Gasteiger partial charge in [0.05, 0.1) is 10.4 Å². The summed E-state index contributed by atoms with van der Waals surface area (Å²) >= 11 is 0. The van der Waals surface area contributed by atoms with Crippen LogP contribution in [-0.2, 0) is 26.9 Å². The van der Waals surface area contributed by atoms with Gasteiger partial charge in [0.25, 0.3) is 0 Å². The maximum absolute atomic E-state index is 12.2. The van der Waals surface area contributed by atoms with E-state index in [-0.39, 0.29) is 17.3 Å². The van der Waals surface area contributed by atoms with Crippen LogP contribution in [-0.4, -0.2) is 44.2 Å². The number of sulfonamides is 1. The highest BCUT2D eigenvalue weighted by atomic mass is 32.2. The monoisotopic (exact) mass is 324 g/mol. The molecule has 1 heterocycles. The van der Waals surface area contributed by atoms with Crippen LogP contribution in [0.4, 0.5) is 5.82 Å². The predicted octanol–water partition coefficient (Wildman–Crippen LogP) is -0.588. The van der Waals surface area contributed by atoms with Gasteiger partial charge in [0.1, 0.15) is 4.90 Å². The number of sulfone groups is 1. The normalized spacial score (nSPS) is 13.7. The number of aryl methyl sites for hydroxylation is 1. The number of anilines is 1. The Balaban J connectivity index is 3.10. The van der Waals surface area contributed by atoms with Crippen molar-refractivity contribution >= 4 is 25.7 Å². The van der Waals surface area contributed by atoms with Crippen LogP contribution in [0.25, 0.3) is 0 Å². The predicted molar refractivity (Wildman–Crippen MR) is 76.5 cm³/mol. The molecule has 0 aromatic carbocycles. The van der Waals surface area contributed by atoms with Gasteiger partial charge in [-0.25, -0.2) is 21.6 Å². The van der Waals surface area contributed by atoms with Gasteiger partial charge in [-0.1, -0.05) is 0 Å². The van der Waals surface area contributed by atoms with Gasteiger partial charge < -0.3 is 5.73 Å². The largest absolute Gasteiger partial charge is 0.381 e. The Kier molecular flexibility index (Phi) is 4.24. The molecule has 1 aromatic rings. The first-order chi connectivity index (χ1) is 8.79. The number of hydrogen-bond acceptors (Lipinski definition) is 6. The molecule has 0 aliphatic rings. The number of aromatic nitrogens is 2. The molecule has 0 amide bonds. The zero-order valence-electron chi connectivity index (χ0n) is 12.1. The average molecular weight is 324 g/mol. The number of rotatable bonds is 5. The lowest BCUT2D eigenvalue weighted by Gasteiger charge is -2.22. The van der Waals surface area contributed by atoms with E-state index in [0.717, 1.165) is 6.26 Å². The summed E-state index contributed by atoms with van der Waals surface area (Å²) in [5.74, 6) is -0.116. The molecule has 0 fully saturated rings. The summed E-state index contributed by atoms with van der Waals surface area (Å²) in [6.07, 6.45) is 1.06. The first-order valence-corrected chi connectivity index (χ1v) is 9.15. The number of nitrogen functional groups attached to an aromatic ring is 1. The Morgan fingerprint density at radius 2 is 1.80 bits per heavy atom. The second-order valence-electron chi connectivity index (χ2n) is 5.28. The van der Waals surface area contributed by atoms with E-state index in [1.54, 1.807) is 14.0 Å². The zero-order valence-corrected chi connectivity index (χ0v) is 13.8. The summed E-state index contributed by atoms with van der Waals surface area (Å²) in [4.78, 5) is -0.121. The molecule has 20 heavy (non-hydrogen) atoms. The van der Waals surface area contributed by atoms with Gasteiger partial charge in [-0.15, -0.1) is 0 Å². The highest BCUT2D eigenvalue weighted by molar-refractivity contribution is 7.92. The SMILES string of the molecule is Cc1c(S(=O)(=O)NCC(C)(C)S(C)(=O)=O)c(N)nn1C. The van der Waals surface area contributed by atoms with Crippen LogP contribution in [0.5, 0.6) is 0 Å². The standard InChI is InChI=1S/C10H20N4O4S2/c1-7-8(9(11)13-14(7)4)20(17,18)12-6-10(2,3)19(5,15)16/h12H,6H2,1-5H3,(H2,11,13). The maximum atomic E-state index is 12.2. The highest BCUT2D eigenvalue weighted by Gasteiger charge is 2.33. The molecule has 116 valence electrons. The van der Waals surface area contributed by atoms with Crippen LogP contribution in [0.15, 0.2) is 4.90 Å². The molecule has 8 nitrogen and oxygen atoms in total. The van der Waals surface area contributed by atoms with E-state index in [1.165, 1.54) is 18.5 Å². The van der Waals surface area contributed by atoms with Crippen molar-refractivity contribution in [1.29, 1.82) is 0 Å². The smallest absolute Gasteiger partial charge is 0.246 e.